The van der Waals surface area contributed by atoms with Crippen LogP contribution in [0.4, 0.5) is 0 Å². The zero-order chi connectivity index (χ0) is 13.1. The Labute approximate surface area is 96.3 Å². The fourth-order valence-electron chi connectivity index (χ4n) is 1.03. The summed E-state index contributed by atoms with van der Waals surface area (Å²) in [6.07, 6.45) is 1.02. The van der Waals surface area contributed by atoms with Gasteiger partial charge in [0.2, 0.25) is 0 Å². The van der Waals surface area contributed by atoms with Crippen molar-refractivity contribution in [1.29, 1.82) is 0 Å². The van der Waals surface area contributed by atoms with Crippen LogP contribution in [0.5, 0.6) is 0 Å². The molecule has 0 rings (SSSR count). The van der Waals surface area contributed by atoms with Crippen molar-refractivity contribution in [2.45, 2.75) is 27.0 Å². The molecule has 0 fully saturated rings. The molecular weight excluding hydrogens is 213 g/mol. The van der Waals surface area contributed by atoms with Crippen molar-refractivity contribution in [3.05, 3.63) is 12.7 Å². The molecule has 0 spiro atoms. The van der Waals surface area contributed by atoms with Gasteiger partial charge in [-0.2, -0.15) is 0 Å². The monoisotopic (exact) mass is 233 g/mol. The molecule has 0 heterocycles. The molecule has 0 aromatic heterocycles. The van der Waals surface area contributed by atoms with Gasteiger partial charge in [0, 0.05) is 6.08 Å². The van der Waals surface area contributed by atoms with Crippen LogP contribution in [0.1, 0.15) is 20.8 Å². The van der Waals surface area contributed by atoms with Gasteiger partial charge in [0.05, 0.1) is 0 Å². The highest BCUT2D eigenvalue weighted by atomic mass is 16.6. The van der Waals surface area contributed by atoms with Crippen LogP contribution in [0.2, 0.25) is 0 Å². The first-order valence-corrected chi connectivity index (χ1v) is 5.00. The Morgan fingerprint density at radius 1 is 1.44 bits per heavy atom. The van der Waals surface area contributed by atoms with Crippen molar-refractivity contribution in [2.24, 2.45) is 0 Å². The van der Waals surface area contributed by atoms with E-state index in [4.69, 9.17) is 19.8 Å². The summed E-state index contributed by atoms with van der Waals surface area (Å²) in [5.41, 5.74) is 0. The summed E-state index contributed by atoms with van der Waals surface area (Å²) in [6.45, 7) is 11.0. The summed E-state index contributed by atoms with van der Waals surface area (Å²) in [7, 11) is -2.17. The lowest BCUT2D eigenvalue weighted by atomic mass is 10.3. The molecule has 94 valence electrons. The minimum atomic E-state index is -2.17. The summed E-state index contributed by atoms with van der Waals surface area (Å²) < 4.78 is 5.01. The van der Waals surface area contributed by atoms with E-state index in [0.717, 1.165) is 13.1 Å². The second-order valence-electron chi connectivity index (χ2n) is 2.81. The van der Waals surface area contributed by atoms with Crippen molar-refractivity contribution in [2.75, 3.05) is 13.1 Å². The fourth-order valence-corrected chi connectivity index (χ4v) is 1.03. The summed E-state index contributed by atoms with van der Waals surface area (Å²) in [5.74, 6) is -0.366. The molecular formula is C9H20BNO5. The largest absolute Gasteiger partial charge is 0.631 e. The van der Waals surface area contributed by atoms with E-state index in [1.807, 2.05) is 25.7 Å². The topological polar surface area (TPSA) is 90.2 Å². The first kappa shape index (κ1) is 17.5. The quantitative estimate of drug-likeness (QED) is 0.253. The van der Waals surface area contributed by atoms with Crippen molar-refractivity contribution in [1.82, 2.24) is 4.90 Å². The predicted molar refractivity (Wildman–Crippen MR) is 61.1 cm³/mol. The van der Waals surface area contributed by atoms with Gasteiger partial charge in [0.1, 0.15) is 0 Å². The summed E-state index contributed by atoms with van der Waals surface area (Å²) in [6, 6.07) is 0. The zero-order valence-corrected chi connectivity index (χ0v) is 9.96. The second kappa shape index (κ2) is 10.6. The van der Waals surface area contributed by atoms with Crippen LogP contribution >= 0.6 is 0 Å². The van der Waals surface area contributed by atoms with Crippen LogP contribution in [-0.4, -0.2) is 52.6 Å². The molecule has 1 unspecified atom stereocenters. The van der Waals surface area contributed by atoms with Gasteiger partial charge in [-0.25, -0.2) is 4.79 Å². The van der Waals surface area contributed by atoms with E-state index in [9.17, 15) is 4.79 Å². The van der Waals surface area contributed by atoms with E-state index in [2.05, 4.69) is 6.58 Å². The SMILES string of the molecule is C=CC(=O)OC(C)N(CC)CC.OB(O)O. The number of hydrogen-bond donors (Lipinski definition) is 3. The van der Waals surface area contributed by atoms with E-state index in [-0.39, 0.29) is 12.2 Å². The highest BCUT2D eigenvalue weighted by Crippen LogP contribution is 2.00. The third-order valence-corrected chi connectivity index (χ3v) is 1.78. The average molecular weight is 233 g/mol. The molecule has 0 aromatic rings. The first-order chi connectivity index (χ1) is 7.38. The van der Waals surface area contributed by atoms with Gasteiger partial charge < -0.3 is 19.8 Å². The Balaban J connectivity index is 0. The predicted octanol–water partition coefficient (Wildman–Crippen LogP) is -0.648. The van der Waals surface area contributed by atoms with Gasteiger partial charge in [-0.15, -0.1) is 0 Å². The molecule has 0 saturated heterocycles. The number of ether oxygens (including phenoxy) is 1. The number of carbonyl (C=O) groups is 1. The van der Waals surface area contributed by atoms with Gasteiger partial charge >= 0.3 is 13.3 Å². The smallest absolute Gasteiger partial charge is 0.443 e. The Hall–Kier alpha value is -0.885. The highest BCUT2D eigenvalue weighted by Gasteiger charge is 2.12. The van der Waals surface area contributed by atoms with E-state index in [1.54, 1.807) is 0 Å². The van der Waals surface area contributed by atoms with Gasteiger partial charge in [-0.3, -0.25) is 4.90 Å². The van der Waals surface area contributed by atoms with E-state index < -0.39 is 7.32 Å². The summed E-state index contributed by atoms with van der Waals surface area (Å²) in [5, 5.41) is 21.5. The van der Waals surface area contributed by atoms with Crippen LogP contribution in [0.3, 0.4) is 0 Å². The van der Waals surface area contributed by atoms with Crippen LogP contribution in [0, 0.1) is 0 Å². The van der Waals surface area contributed by atoms with Gasteiger partial charge in [0.25, 0.3) is 0 Å². The number of rotatable bonds is 5. The fraction of sp³-hybridized carbons (Fsp3) is 0.667. The lowest BCUT2D eigenvalue weighted by Gasteiger charge is -2.25. The van der Waals surface area contributed by atoms with Gasteiger partial charge in [-0.1, -0.05) is 20.4 Å². The third-order valence-electron chi connectivity index (χ3n) is 1.78. The summed E-state index contributed by atoms with van der Waals surface area (Å²) in [4.78, 5) is 12.8. The maximum atomic E-state index is 10.8. The van der Waals surface area contributed by atoms with E-state index in [1.165, 1.54) is 6.08 Å². The zero-order valence-electron chi connectivity index (χ0n) is 9.96. The molecule has 1 atom stereocenters. The van der Waals surface area contributed by atoms with E-state index >= 15 is 0 Å². The number of carbonyl (C=O) groups excluding carboxylic acids is 1. The number of nitrogens with zero attached hydrogens (tertiary/aromatic N) is 1. The summed E-state index contributed by atoms with van der Waals surface area (Å²) >= 11 is 0. The average Bonchev–Trinajstić information content (AvgIpc) is 2.18. The number of hydrogen-bond acceptors (Lipinski definition) is 6. The Morgan fingerprint density at radius 3 is 2.06 bits per heavy atom. The molecule has 0 amide bonds. The molecule has 0 bridgehead atoms. The lowest BCUT2D eigenvalue weighted by Crippen LogP contribution is -2.35. The minimum absolute atomic E-state index is 0.162. The van der Waals surface area contributed by atoms with Crippen LogP contribution < -0.4 is 0 Å². The Morgan fingerprint density at radius 2 is 1.81 bits per heavy atom. The molecule has 6 nitrogen and oxygen atoms in total. The van der Waals surface area contributed by atoms with Crippen LogP contribution in [-0.2, 0) is 9.53 Å². The van der Waals surface area contributed by atoms with E-state index in [0.29, 0.717) is 0 Å². The Kier molecular flexibility index (Phi) is 11.6. The van der Waals surface area contributed by atoms with Crippen molar-refractivity contribution >= 4 is 13.3 Å². The molecule has 16 heavy (non-hydrogen) atoms. The number of esters is 1. The lowest BCUT2D eigenvalue weighted by molar-refractivity contribution is -0.150. The second-order valence-corrected chi connectivity index (χ2v) is 2.81. The van der Waals surface area contributed by atoms with Crippen LogP contribution in [0.15, 0.2) is 12.7 Å². The molecule has 0 saturated carbocycles. The maximum absolute atomic E-state index is 10.8. The van der Waals surface area contributed by atoms with Gasteiger partial charge in [0.15, 0.2) is 6.23 Å². The molecule has 3 N–H and O–H groups in total. The molecule has 0 aromatic carbocycles. The van der Waals surface area contributed by atoms with Gasteiger partial charge in [-0.05, 0) is 20.0 Å². The standard InChI is InChI=1S/C9H17NO2.BH3O3/c1-5-9(11)12-8(4)10(6-2)7-3;2-1(3)4/h5,8H,1,6-7H2,2-4H3;2-4H. The molecule has 7 heteroatoms. The normalized spacial score (nSPS) is 11.2. The maximum Gasteiger partial charge on any atom is 0.631 e. The minimum Gasteiger partial charge on any atom is -0.443 e. The van der Waals surface area contributed by atoms with Crippen molar-refractivity contribution in [3.8, 4) is 0 Å². The van der Waals surface area contributed by atoms with Crippen molar-refractivity contribution < 1.29 is 24.6 Å². The molecule has 0 aliphatic carbocycles. The molecule has 0 aliphatic heterocycles. The third kappa shape index (κ3) is 11.2. The van der Waals surface area contributed by atoms with Crippen LogP contribution in [0.25, 0.3) is 0 Å². The highest BCUT2D eigenvalue weighted by molar-refractivity contribution is 6.30. The molecule has 0 aliphatic rings. The first-order valence-electron chi connectivity index (χ1n) is 5.00. The Bertz CT molecular complexity index is 194. The van der Waals surface area contributed by atoms with Crippen molar-refractivity contribution in [3.63, 3.8) is 0 Å². The molecule has 0 radical (unpaired) electrons.